The largest absolute Gasteiger partial charge is 0.495 e. The van der Waals surface area contributed by atoms with Gasteiger partial charge in [0.25, 0.3) is 0 Å². The Balaban J connectivity index is 1.56. The van der Waals surface area contributed by atoms with Crippen molar-refractivity contribution in [1.82, 2.24) is 10.3 Å². The monoisotopic (exact) mass is 481 g/mol. The molecule has 2 aromatic carbocycles. The van der Waals surface area contributed by atoms with Gasteiger partial charge in [0.2, 0.25) is 10.0 Å². The predicted molar refractivity (Wildman–Crippen MR) is 138 cm³/mol. The number of aryl methyl sites for hydroxylation is 1. The average Bonchev–Trinajstić information content (AvgIpc) is 2.82. The molecule has 1 aliphatic rings. The molecule has 1 fully saturated rings. The van der Waals surface area contributed by atoms with Crippen LogP contribution < -0.4 is 25.4 Å². The van der Waals surface area contributed by atoms with E-state index in [-0.39, 0.29) is 0 Å². The molecule has 3 aromatic rings. The Morgan fingerprint density at radius 3 is 2.41 bits per heavy atom. The molecule has 0 amide bonds. The summed E-state index contributed by atoms with van der Waals surface area (Å²) < 4.78 is 31.7. The summed E-state index contributed by atoms with van der Waals surface area (Å²) in [7, 11) is -1.73. The van der Waals surface area contributed by atoms with Gasteiger partial charge >= 0.3 is 0 Å². The van der Waals surface area contributed by atoms with Gasteiger partial charge in [-0.2, -0.15) is 0 Å². The number of hydrogen-bond acceptors (Lipinski definition) is 7. The molecule has 0 unspecified atom stereocenters. The first-order valence-corrected chi connectivity index (χ1v) is 13.2. The first-order chi connectivity index (χ1) is 16.3. The van der Waals surface area contributed by atoms with Crippen LogP contribution in [0.25, 0.3) is 0 Å². The number of pyridine rings is 1. The minimum Gasteiger partial charge on any atom is -0.495 e. The quantitative estimate of drug-likeness (QED) is 0.369. The van der Waals surface area contributed by atoms with Crippen molar-refractivity contribution in [2.45, 2.75) is 25.7 Å². The Morgan fingerprint density at radius 2 is 1.71 bits per heavy atom. The molecule has 0 spiro atoms. The van der Waals surface area contributed by atoms with Gasteiger partial charge in [-0.1, -0.05) is 18.2 Å². The summed E-state index contributed by atoms with van der Waals surface area (Å²) in [5, 5.41) is 10.1. The van der Waals surface area contributed by atoms with Crippen LogP contribution in [0.2, 0.25) is 0 Å². The lowest BCUT2D eigenvalue weighted by molar-refractivity contribution is 0.413. The highest BCUT2D eigenvalue weighted by Crippen LogP contribution is 2.35. The van der Waals surface area contributed by atoms with Gasteiger partial charge in [0, 0.05) is 18.0 Å². The Morgan fingerprint density at radius 1 is 0.971 bits per heavy atom. The van der Waals surface area contributed by atoms with E-state index in [0.717, 1.165) is 54.9 Å². The van der Waals surface area contributed by atoms with Crippen molar-refractivity contribution in [2.75, 3.05) is 41.8 Å². The number of ether oxygens (including phenoxy) is 1. The zero-order valence-corrected chi connectivity index (χ0v) is 20.5. The topological polar surface area (TPSA) is 104 Å². The van der Waals surface area contributed by atoms with Crippen LogP contribution >= 0.6 is 0 Å². The van der Waals surface area contributed by atoms with Gasteiger partial charge in [-0.3, -0.25) is 4.72 Å². The Bertz CT molecular complexity index is 1260. The van der Waals surface area contributed by atoms with E-state index in [1.807, 2.05) is 31.2 Å². The maximum absolute atomic E-state index is 11.7. The van der Waals surface area contributed by atoms with E-state index < -0.39 is 10.0 Å². The van der Waals surface area contributed by atoms with Gasteiger partial charge in [0.05, 0.1) is 30.4 Å². The molecule has 8 nitrogen and oxygen atoms in total. The van der Waals surface area contributed by atoms with Gasteiger partial charge in [0.1, 0.15) is 11.6 Å². The van der Waals surface area contributed by atoms with Crippen LogP contribution in [0, 0.1) is 6.92 Å². The zero-order chi connectivity index (χ0) is 24.1. The predicted octanol–water partition coefficient (Wildman–Crippen LogP) is 4.72. The van der Waals surface area contributed by atoms with Crippen LogP contribution in [0.1, 0.15) is 29.9 Å². The van der Waals surface area contributed by atoms with Gasteiger partial charge in [0.15, 0.2) is 0 Å². The number of nitrogens with zero attached hydrogens (tertiary/aromatic N) is 1. The molecule has 4 rings (SSSR count). The normalized spacial score (nSPS) is 14.4. The third kappa shape index (κ3) is 5.98. The van der Waals surface area contributed by atoms with Crippen molar-refractivity contribution in [3.05, 3.63) is 65.9 Å². The summed E-state index contributed by atoms with van der Waals surface area (Å²) >= 11 is 0. The standard InChI is InChI=1S/C25H31N5O3S/c1-17-16-27-25(15-23(17)28-20-6-4-5-7-21(20)30-34(3,31)32)29-22-9-8-19(14-24(22)33-2)18-10-12-26-13-11-18/h4-9,14-16,18,26,30H,10-13H2,1-3H3,(H2,27,28,29). The van der Waals surface area contributed by atoms with Crippen molar-refractivity contribution >= 4 is 38.6 Å². The third-order valence-electron chi connectivity index (χ3n) is 5.89. The number of para-hydroxylation sites is 2. The molecule has 0 radical (unpaired) electrons. The number of hydrogen-bond donors (Lipinski definition) is 4. The molecule has 1 saturated heterocycles. The molecule has 1 aliphatic heterocycles. The fourth-order valence-electron chi connectivity index (χ4n) is 4.11. The molecule has 0 aliphatic carbocycles. The molecular weight excluding hydrogens is 450 g/mol. The van der Waals surface area contributed by atoms with Crippen molar-refractivity contribution in [1.29, 1.82) is 0 Å². The molecule has 4 N–H and O–H groups in total. The number of benzene rings is 2. The molecule has 9 heteroatoms. The fourth-order valence-corrected chi connectivity index (χ4v) is 4.69. The van der Waals surface area contributed by atoms with Crippen LogP contribution in [0.5, 0.6) is 5.75 Å². The maximum atomic E-state index is 11.7. The van der Waals surface area contributed by atoms with Gasteiger partial charge in [-0.15, -0.1) is 0 Å². The lowest BCUT2D eigenvalue weighted by Crippen LogP contribution is -2.26. The van der Waals surface area contributed by atoms with Gasteiger partial charge in [-0.05, 0) is 74.2 Å². The van der Waals surface area contributed by atoms with Crippen molar-refractivity contribution in [3.63, 3.8) is 0 Å². The van der Waals surface area contributed by atoms with E-state index in [1.165, 1.54) is 5.56 Å². The van der Waals surface area contributed by atoms with Crippen LogP contribution in [-0.2, 0) is 10.0 Å². The average molecular weight is 482 g/mol. The molecule has 0 saturated carbocycles. The summed E-state index contributed by atoms with van der Waals surface area (Å²) in [6, 6.07) is 15.4. The highest BCUT2D eigenvalue weighted by Gasteiger charge is 2.17. The zero-order valence-electron chi connectivity index (χ0n) is 19.7. The second kappa shape index (κ2) is 10.3. The van der Waals surface area contributed by atoms with Gasteiger partial charge < -0.3 is 20.7 Å². The van der Waals surface area contributed by atoms with Crippen molar-refractivity contribution in [3.8, 4) is 5.75 Å². The van der Waals surface area contributed by atoms with E-state index in [9.17, 15) is 8.42 Å². The smallest absolute Gasteiger partial charge is 0.229 e. The number of anilines is 5. The SMILES string of the molecule is COc1cc(C2CCNCC2)ccc1Nc1cc(Nc2ccccc2NS(C)(=O)=O)c(C)cn1. The summed E-state index contributed by atoms with van der Waals surface area (Å²) in [6.07, 6.45) is 5.15. The summed E-state index contributed by atoms with van der Waals surface area (Å²) in [4.78, 5) is 4.52. The van der Waals surface area contributed by atoms with E-state index in [0.29, 0.717) is 23.1 Å². The van der Waals surface area contributed by atoms with Crippen LogP contribution in [0.15, 0.2) is 54.7 Å². The molecule has 1 aromatic heterocycles. The van der Waals surface area contributed by atoms with E-state index in [2.05, 4.69) is 37.8 Å². The van der Waals surface area contributed by atoms with Crippen molar-refractivity contribution in [2.24, 2.45) is 0 Å². The number of nitrogens with one attached hydrogen (secondary N) is 4. The van der Waals surface area contributed by atoms with Crippen molar-refractivity contribution < 1.29 is 13.2 Å². The number of rotatable bonds is 8. The summed E-state index contributed by atoms with van der Waals surface area (Å²) in [5.41, 5.74) is 4.99. The third-order valence-corrected chi connectivity index (χ3v) is 6.48. The Kier molecular flexibility index (Phi) is 7.23. The Hall–Kier alpha value is -3.30. The van der Waals surface area contributed by atoms with Gasteiger partial charge in [-0.25, -0.2) is 13.4 Å². The molecule has 0 atom stereocenters. The number of aromatic nitrogens is 1. The summed E-state index contributed by atoms with van der Waals surface area (Å²) in [5.74, 6) is 1.96. The highest BCUT2D eigenvalue weighted by molar-refractivity contribution is 7.92. The minimum atomic E-state index is -3.40. The van der Waals surface area contributed by atoms with E-state index >= 15 is 0 Å². The Labute approximate surface area is 201 Å². The molecule has 34 heavy (non-hydrogen) atoms. The molecule has 180 valence electrons. The first kappa shape index (κ1) is 23.8. The molecule has 2 heterocycles. The fraction of sp³-hybridized carbons (Fsp3) is 0.320. The highest BCUT2D eigenvalue weighted by atomic mass is 32.2. The minimum absolute atomic E-state index is 0.478. The van der Waals surface area contributed by atoms with Crippen LogP contribution in [0.3, 0.4) is 0 Å². The van der Waals surface area contributed by atoms with E-state index in [4.69, 9.17) is 4.74 Å². The number of sulfonamides is 1. The van der Waals surface area contributed by atoms with E-state index in [1.54, 1.807) is 25.4 Å². The number of piperidine rings is 1. The summed E-state index contributed by atoms with van der Waals surface area (Å²) in [6.45, 7) is 4.03. The second-order valence-corrected chi connectivity index (χ2v) is 10.3. The van der Waals surface area contributed by atoms with Crippen LogP contribution in [0.4, 0.5) is 28.6 Å². The molecule has 0 bridgehead atoms. The number of methoxy groups -OCH3 is 1. The first-order valence-electron chi connectivity index (χ1n) is 11.3. The maximum Gasteiger partial charge on any atom is 0.229 e. The lowest BCUT2D eigenvalue weighted by atomic mass is 9.90. The second-order valence-electron chi connectivity index (χ2n) is 8.54. The van der Waals surface area contributed by atoms with Crippen LogP contribution in [-0.4, -0.2) is 39.9 Å². The lowest BCUT2D eigenvalue weighted by Gasteiger charge is -2.24. The molecular formula is C25H31N5O3S.